The Morgan fingerprint density at radius 1 is 1.03 bits per heavy atom. The molecule has 3 aromatic rings. The predicted molar refractivity (Wildman–Crippen MR) is 126 cm³/mol. The smallest absolute Gasteiger partial charge is 0.258 e. The fraction of sp³-hybridized carbons (Fsp3) is 0.292. The fourth-order valence-electron chi connectivity index (χ4n) is 3.25. The highest BCUT2D eigenvalue weighted by Gasteiger charge is 2.14. The lowest BCUT2D eigenvalue weighted by atomic mass is 10.2. The molecule has 0 aliphatic carbocycles. The van der Waals surface area contributed by atoms with Crippen molar-refractivity contribution in [1.82, 2.24) is 15.1 Å². The van der Waals surface area contributed by atoms with Gasteiger partial charge in [0.05, 0.1) is 26.5 Å². The molecule has 2 N–H and O–H groups in total. The van der Waals surface area contributed by atoms with Crippen LogP contribution in [0.2, 0.25) is 0 Å². The summed E-state index contributed by atoms with van der Waals surface area (Å²) in [6.07, 6.45) is 0. The van der Waals surface area contributed by atoms with E-state index in [1.54, 1.807) is 25.3 Å². The molecule has 8 nitrogen and oxygen atoms in total. The Morgan fingerprint density at radius 2 is 1.72 bits per heavy atom. The number of aromatic nitrogens is 2. The lowest BCUT2D eigenvalue weighted by molar-refractivity contribution is 0.0976. The molecular formula is C24H29N5O3. The van der Waals surface area contributed by atoms with E-state index in [4.69, 9.17) is 9.47 Å². The number of benzene rings is 2. The minimum absolute atomic E-state index is 0.316. The van der Waals surface area contributed by atoms with Gasteiger partial charge in [0.2, 0.25) is 5.96 Å². The van der Waals surface area contributed by atoms with Gasteiger partial charge in [-0.05, 0) is 51.1 Å². The first-order valence-corrected chi connectivity index (χ1v) is 10.2. The van der Waals surface area contributed by atoms with Gasteiger partial charge in [-0.3, -0.25) is 14.8 Å². The highest BCUT2D eigenvalue weighted by Crippen LogP contribution is 2.27. The molecule has 0 radical (unpaired) electrons. The van der Waals surface area contributed by atoms with Crippen LogP contribution in [0, 0.1) is 20.8 Å². The molecule has 0 aliphatic heterocycles. The van der Waals surface area contributed by atoms with Crippen molar-refractivity contribution < 1.29 is 14.3 Å². The number of rotatable bonds is 6. The molecule has 1 amide bonds. The van der Waals surface area contributed by atoms with Gasteiger partial charge < -0.3 is 14.8 Å². The molecule has 0 unspecified atom stereocenters. The summed E-state index contributed by atoms with van der Waals surface area (Å²) in [5.41, 5.74) is 5.36. The van der Waals surface area contributed by atoms with Crippen molar-refractivity contribution in [2.24, 2.45) is 12.0 Å². The Labute approximate surface area is 188 Å². The van der Waals surface area contributed by atoms with Crippen LogP contribution >= 0.6 is 0 Å². The number of hydrogen-bond acceptors (Lipinski definition) is 5. The average molecular weight is 436 g/mol. The van der Waals surface area contributed by atoms with Crippen molar-refractivity contribution >= 4 is 17.6 Å². The van der Waals surface area contributed by atoms with E-state index in [1.807, 2.05) is 56.8 Å². The van der Waals surface area contributed by atoms with E-state index in [2.05, 4.69) is 20.7 Å². The third kappa shape index (κ3) is 5.26. The van der Waals surface area contributed by atoms with E-state index in [1.165, 1.54) is 7.11 Å². The molecule has 0 saturated carbocycles. The summed E-state index contributed by atoms with van der Waals surface area (Å²) in [5, 5.41) is 10.5. The standard InChI is InChI=1S/C24H29N5O3/c1-15-7-10-19(11-8-15)26-24(25-14-20-16(2)28-29(4)17(20)3)27-23(30)18-9-12-21(31-5)22(13-18)32-6/h7-13H,14H2,1-6H3,(H2,25,26,27,30). The quantitative estimate of drug-likeness (QED) is 0.455. The maximum atomic E-state index is 13.0. The zero-order valence-electron chi connectivity index (χ0n) is 19.3. The summed E-state index contributed by atoms with van der Waals surface area (Å²) in [6.45, 7) is 6.35. The summed E-state index contributed by atoms with van der Waals surface area (Å²) in [7, 11) is 4.99. The number of guanidine groups is 1. The number of aliphatic imine (C=N–C) groups is 1. The lowest BCUT2D eigenvalue weighted by Crippen LogP contribution is -2.36. The Morgan fingerprint density at radius 3 is 2.31 bits per heavy atom. The normalized spacial score (nSPS) is 11.2. The second-order valence-electron chi connectivity index (χ2n) is 7.45. The summed E-state index contributed by atoms with van der Waals surface area (Å²) >= 11 is 0. The molecule has 8 heteroatoms. The van der Waals surface area contributed by atoms with Crippen LogP contribution in [-0.2, 0) is 13.6 Å². The first-order chi connectivity index (χ1) is 15.3. The summed E-state index contributed by atoms with van der Waals surface area (Å²) in [5.74, 6) is 1.06. The van der Waals surface area contributed by atoms with E-state index in [-0.39, 0.29) is 5.91 Å². The van der Waals surface area contributed by atoms with Crippen LogP contribution in [0.25, 0.3) is 0 Å². The molecule has 0 atom stereocenters. The van der Waals surface area contributed by atoms with E-state index in [9.17, 15) is 4.79 Å². The van der Waals surface area contributed by atoms with Gasteiger partial charge in [-0.2, -0.15) is 5.10 Å². The maximum Gasteiger partial charge on any atom is 0.258 e. The zero-order valence-corrected chi connectivity index (χ0v) is 19.3. The SMILES string of the molecule is COc1ccc(C(=O)NC(=NCc2c(C)nn(C)c2C)Nc2ccc(C)cc2)cc1OC. The van der Waals surface area contributed by atoms with Gasteiger partial charge in [-0.15, -0.1) is 0 Å². The molecule has 0 bridgehead atoms. The van der Waals surface area contributed by atoms with Crippen LogP contribution in [0.5, 0.6) is 11.5 Å². The monoisotopic (exact) mass is 435 g/mol. The van der Waals surface area contributed by atoms with Crippen LogP contribution in [0.3, 0.4) is 0 Å². The summed E-state index contributed by atoms with van der Waals surface area (Å²) in [6, 6.07) is 12.9. The number of aryl methyl sites for hydroxylation is 3. The average Bonchev–Trinajstić information content (AvgIpc) is 3.03. The van der Waals surface area contributed by atoms with Crippen LogP contribution in [0.4, 0.5) is 5.69 Å². The van der Waals surface area contributed by atoms with Crippen molar-refractivity contribution in [3.05, 3.63) is 70.5 Å². The van der Waals surface area contributed by atoms with Gasteiger partial charge in [0.15, 0.2) is 11.5 Å². The molecule has 0 fully saturated rings. The first-order valence-electron chi connectivity index (χ1n) is 10.2. The molecule has 0 aliphatic rings. The number of amides is 1. The molecule has 2 aromatic carbocycles. The van der Waals surface area contributed by atoms with Gasteiger partial charge in [-0.1, -0.05) is 17.7 Å². The highest BCUT2D eigenvalue weighted by atomic mass is 16.5. The highest BCUT2D eigenvalue weighted by molar-refractivity contribution is 6.10. The Hall–Kier alpha value is -3.81. The third-order valence-electron chi connectivity index (χ3n) is 5.25. The number of nitrogens with one attached hydrogen (secondary N) is 2. The van der Waals surface area contributed by atoms with E-state index in [0.29, 0.717) is 29.6 Å². The van der Waals surface area contributed by atoms with Crippen LogP contribution in [-0.4, -0.2) is 35.9 Å². The second kappa shape index (κ2) is 10.00. The number of carbonyl (C=O) groups is 1. The van der Waals surface area contributed by atoms with Crippen LogP contribution < -0.4 is 20.1 Å². The predicted octanol–water partition coefficient (Wildman–Crippen LogP) is 3.76. The second-order valence-corrected chi connectivity index (χ2v) is 7.45. The van der Waals surface area contributed by atoms with Gasteiger partial charge >= 0.3 is 0 Å². The fourth-order valence-corrected chi connectivity index (χ4v) is 3.25. The summed E-state index contributed by atoms with van der Waals surface area (Å²) < 4.78 is 12.4. The number of anilines is 1. The van der Waals surface area contributed by atoms with Crippen molar-refractivity contribution in [1.29, 1.82) is 0 Å². The Bertz CT molecular complexity index is 1130. The minimum Gasteiger partial charge on any atom is -0.493 e. The number of methoxy groups -OCH3 is 2. The van der Waals surface area contributed by atoms with E-state index >= 15 is 0 Å². The molecule has 1 heterocycles. The zero-order chi connectivity index (χ0) is 23.3. The number of nitrogens with zero attached hydrogens (tertiary/aromatic N) is 3. The van der Waals surface area contributed by atoms with Gasteiger partial charge in [0.25, 0.3) is 5.91 Å². The third-order valence-corrected chi connectivity index (χ3v) is 5.25. The van der Waals surface area contributed by atoms with Crippen molar-refractivity contribution in [3.8, 4) is 11.5 Å². The number of hydrogen-bond donors (Lipinski definition) is 2. The maximum absolute atomic E-state index is 13.0. The molecule has 0 spiro atoms. The van der Waals surface area contributed by atoms with Crippen molar-refractivity contribution in [3.63, 3.8) is 0 Å². The molecular weight excluding hydrogens is 406 g/mol. The molecule has 0 saturated heterocycles. The Kier molecular flexibility index (Phi) is 7.14. The molecule has 32 heavy (non-hydrogen) atoms. The Balaban J connectivity index is 1.87. The van der Waals surface area contributed by atoms with Crippen LogP contribution in [0.15, 0.2) is 47.5 Å². The summed E-state index contributed by atoms with van der Waals surface area (Å²) in [4.78, 5) is 17.6. The van der Waals surface area contributed by atoms with Gasteiger partial charge in [0.1, 0.15) is 0 Å². The largest absolute Gasteiger partial charge is 0.493 e. The van der Waals surface area contributed by atoms with Crippen molar-refractivity contribution in [2.45, 2.75) is 27.3 Å². The van der Waals surface area contributed by atoms with Gasteiger partial charge in [0, 0.05) is 29.6 Å². The van der Waals surface area contributed by atoms with Crippen LogP contribution in [0.1, 0.15) is 32.9 Å². The van der Waals surface area contributed by atoms with Gasteiger partial charge in [-0.25, -0.2) is 4.99 Å². The molecule has 168 valence electrons. The first kappa shape index (κ1) is 22.9. The minimum atomic E-state index is -0.316. The lowest BCUT2D eigenvalue weighted by Gasteiger charge is -2.13. The van der Waals surface area contributed by atoms with E-state index in [0.717, 1.165) is 28.2 Å². The number of ether oxygens (including phenoxy) is 2. The molecule has 1 aromatic heterocycles. The number of carbonyl (C=O) groups excluding carboxylic acids is 1. The van der Waals surface area contributed by atoms with E-state index < -0.39 is 0 Å². The molecule has 3 rings (SSSR count). The topological polar surface area (TPSA) is 89.8 Å². The van der Waals surface area contributed by atoms with Crippen molar-refractivity contribution in [2.75, 3.05) is 19.5 Å².